The molecule has 0 spiro atoms. The molecule has 25 heavy (non-hydrogen) atoms. The van der Waals surface area contributed by atoms with Gasteiger partial charge in [0.05, 0.1) is 12.9 Å². The van der Waals surface area contributed by atoms with E-state index in [0.29, 0.717) is 41.1 Å². The van der Waals surface area contributed by atoms with Gasteiger partial charge in [0.25, 0.3) is 5.91 Å². The number of amides is 1. The predicted octanol–water partition coefficient (Wildman–Crippen LogP) is 3.99. The minimum Gasteiger partial charge on any atom is -0.491 e. The van der Waals surface area contributed by atoms with Crippen molar-refractivity contribution in [3.8, 4) is 16.5 Å². The van der Waals surface area contributed by atoms with Crippen LogP contribution in [0.2, 0.25) is 0 Å². The van der Waals surface area contributed by atoms with Crippen LogP contribution in [0.5, 0.6) is 5.75 Å². The number of ether oxygens (including phenoxy) is 2. The second kappa shape index (κ2) is 7.96. The summed E-state index contributed by atoms with van der Waals surface area (Å²) >= 11 is 1.42. The molecule has 0 saturated heterocycles. The fraction of sp³-hybridized carbons (Fsp3) is 0.222. The van der Waals surface area contributed by atoms with Crippen molar-refractivity contribution in [2.45, 2.75) is 6.92 Å². The fourth-order valence-electron chi connectivity index (χ4n) is 2.21. The van der Waals surface area contributed by atoms with Crippen molar-refractivity contribution in [2.24, 2.45) is 0 Å². The molecule has 3 rings (SSSR count). The minimum atomic E-state index is -0.263. The summed E-state index contributed by atoms with van der Waals surface area (Å²) in [5, 5.41) is 3.54. The van der Waals surface area contributed by atoms with E-state index in [1.165, 1.54) is 11.3 Å². The highest BCUT2D eigenvalue weighted by molar-refractivity contribution is 7.15. The summed E-state index contributed by atoms with van der Waals surface area (Å²) in [4.78, 5) is 17.8. The monoisotopic (exact) mass is 358 g/mol. The molecular formula is C18H18N2O4S. The molecule has 1 amide bonds. The summed E-state index contributed by atoms with van der Waals surface area (Å²) in [6, 6.07) is 10.8. The van der Waals surface area contributed by atoms with E-state index < -0.39 is 0 Å². The molecule has 2 heterocycles. The molecule has 0 aliphatic carbocycles. The number of anilines is 1. The van der Waals surface area contributed by atoms with E-state index in [-0.39, 0.29) is 5.91 Å². The summed E-state index contributed by atoms with van der Waals surface area (Å²) in [6.07, 6.45) is 1.58. The van der Waals surface area contributed by atoms with E-state index in [1.54, 1.807) is 31.6 Å². The standard InChI is InChI=1S/C18H18N2O4S/c1-12-16(20-18(25-12)15-7-4-8-24-15)17(21)19-13-5-3-6-14(11-13)23-10-9-22-2/h3-8,11H,9-10H2,1-2H3,(H,19,21). The summed E-state index contributed by atoms with van der Waals surface area (Å²) in [5.41, 5.74) is 1.04. The van der Waals surface area contributed by atoms with E-state index in [4.69, 9.17) is 13.9 Å². The second-order valence-corrected chi connectivity index (χ2v) is 6.43. The lowest BCUT2D eigenvalue weighted by molar-refractivity contribution is 0.102. The Balaban J connectivity index is 1.71. The molecule has 1 N–H and O–H groups in total. The van der Waals surface area contributed by atoms with Crippen LogP contribution < -0.4 is 10.1 Å². The average Bonchev–Trinajstić information content (AvgIpc) is 3.25. The third-order valence-electron chi connectivity index (χ3n) is 3.39. The lowest BCUT2D eigenvalue weighted by Gasteiger charge is -2.08. The van der Waals surface area contributed by atoms with Gasteiger partial charge in [-0.2, -0.15) is 0 Å². The lowest BCUT2D eigenvalue weighted by Crippen LogP contribution is -2.13. The number of benzene rings is 1. The summed E-state index contributed by atoms with van der Waals surface area (Å²) in [7, 11) is 1.62. The number of hydrogen-bond acceptors (Lipinski definition) is 6. The molecule has 2 aromatic heterocycles. The maximum absolute atomic E-state index is 12.5. The average molecular weight is 358 g/mol. The Morgan fingerprint density at radius 2 is 2.16 bits per heavy atom. The van der Waals surface area contributed by atoms with Crippen LogP contribution in [0.4, 0.5) is 5.69 Å². The Morgan fingerprint density at radius 1 is 1.28 bits per heavy atom. The van der Waals surface area contributed by atoms with Crippen LogP contribution in [0.25, 0.3) is 10.8 Å². The molecule has 0 atom stereocenters. The van der Waals surface area contributed by atoms with E-state index in [9.17, 15) is 4.79 Å². The van der Waals surface area contributed by atoms with Gasteiger partial charge in [-0.1, -0.05) is 6.07 Å². The SMILES string of the molecule is COCCOc1cccc(NC(=O)c2nc(-c3ccco3)sc2C)c1. The highest BCUT2D eigenvalue weighted by atomic mass is 32.1. The number of rotatable bonds is 7. The molecule has 6 nitrogen and oxygen atoms in total. The van der Waals surface area contributed by atoms with Gasteiger partial charge in [0.2, 0.25) is 0 Å². The number of furan rings is 1. The molecule has 0 radical (unpaired) electrons. The van der Waals surface area contributed by atoms with Gasteiger partial charge in [-0.15, -0.1) is 11.3 Å². The van der Waals surface area contributed by atoms with Crippen LogP contribution in [-0.2, 0) is 4.74 Å². The lowest BCUT2D eigenvalue weighted by atomic mass is 10.3. The van der Waals surface area contributed by atoms with Crippen LogP contribution in [0.15, 0.2) is 47.1 Å². The molecule has 0 saturated carbocycles. The molecule has 7 heteroatoms. The quantitative estimate of drug-likeness (QED) is 0.647. The van der Waals surface area contributed by atoms with Crippen molar-refractivity contribution in [1.29, 1.82) is 0 Å². The third kappa shape index (κ3) is 4.26. The topological polar surface area (TPSA) is 73.6 Å². The maximum Gasteiger partial charge on any atom is 0.275 e. The summed E-state index contributed by atoms with van der Waals surface area (Å²) in [6.45, 7) is 2.82. The Labute approximate surface area is 149 Å². The number of methoxy groups -OCH3 is 1. The van der Waals surface area contributed by atoms with Gasteiger partial charge in [-0.3, -0.25) is 4.79 Å². The Morgan fingerprint density at radius 3 is 2.92 bits per heavy atom. The molecule has 0 aliphatic heterocycles. The number of nitrogens with zero attached hydrogens (tertiary/aromatic N) is 1. The van der Waals surface area contributed by atoms with Crippen LogP contribution in [0.3, 0.4) is 0 Å². The normalized spacial score (nSPS) is 10.6. The highest BCUT2D eigenvalue weighted by Gasteiger charge is 2.17. The Kier molecular flexibility index (Phi) is 5.47. The van der Waals surface area contributed by atoms with Gasteiger partial charge in [0.1, 0.15) is 18.1 Å². The minimum absolute atomic E-state index is 0.263. The van der Waals surface area contributed by atoms with Crippen LogP contribution in [-0.4, -0.2) is 31.2 Å². The highest BCUT2D eigenvalue weighted by Crippen LogP contribution is 2.28. The third-order valence-corrected chi connectivity index (χ3v) is 4.38. The van der Waals surface area contributed by atoms with Crippen molar-refractivity contribution in [2.75, 3.05) is 25.6 Å². The first-order valence-electron chi connectivity index (χ1n) is 7.72. The molecule has 3 aromatic rings. The zero-order chi connectivity index (χ0) is 17.6. The number of carbonyl (C=O) groups excluding carboxylic acids is 1. The van der Waals surface area contributed by atoms with Gasteiger partial charge < -0.3 is 19.2 Å². The van der Waals surface area contributed by atoms with Crippen LogP contribution in [0.1, 0.15) is 15.4 Å². The molecule has 0 fully saturated rings. The molecule has 0 aliphatic rings. The smallest absolute Gasteiger partial charge is 0.275 e. The Hall–Kier alpha value is -2.64. The number of carbonyl (C=O) groups is 1. The summed E-state index contributed by atoms with van der Waals surface area (Å²) in [5.74, 6) is 1.06. The van der Waals surface area contributed by atoms with Gasteiger partial charge in [0.15, 0.2) is 10.8 Å². The van der Waals surface area contributed by atoms with Crippen molar-refractivity contribution in [3.63, 3.8) is 0 Å². The van der Waals surface area contributed by atoms with E-state index in [0.717, 1.165) is 4.88 Å². The molecule has 0 unspecified atom stereocenters. The van der Waals surface area contributed by atoms with Gasteiger partial charge in [-0.05, 0) is 31.2 Å². The van der Waals surface area contributed by atoms with Crippen molar-refractivity contribution < 1.29 is 18.7 Å². The van der Waals surface area contributed by atoms with Crippen molar-refractivity contribution in [1.82, 2.24) is 4.98 Å². The van der Waals surface area contributed by atoms with E-state index in [1.807, 2.05) is 25.1 Å². The first-order chi connectivity index (χ1) is 12.2. The van der Waals surface area contributed by atoms with Gasteiger partial charge in [-0.25, -0.2) is 4.98 Å². The largest absolute Gasteiger partial charge is 0.491 e. The summed E-state index contributed by atoms with van der Waals surface area (Å²) < 4.78 is 15.8. The van der Waals surface area contributed by atoms with Crippen LogP contribution >= 0.6 is 11.3 Å². The fourth-order valence-corrected chi connectivity index (χ4v) is 3.09. The predicted molar refractivity (Wildman–Crippen MR) is 96.3 cm³/mol. The number of aromatic nitrogens is 1. The van der Waals surface area contributed by atoms with Crippen molar-refractivity contribution in [3.05, 3.63) is 53.2 Å². The molecule has 0 bridgehead atoms. The van der Waals surface area contributed by atoms with Gasteiger partial charge >= 0.3 is 0 Å². The number of aryl methyl sites for hydroxylation is 1. The zero-order valence-electron chi connectivity index (χ0n) is 13.9. The molecular weight excluding hydrogens is 340 g/mol. The van der Waals surface area contributed by atoms with E-state index >= 15 is 0 Å². The number of hydrogen-bond donors (Lipinski definition) is 1. The molecule has 130 valence electrons. The first kappa shape index (κ1) is 17.2. The van der Waals surface area contributed by atoms with Crippen molar-refractivity contribution >= 4 is 22.9 Å². The number of nitrogens with one attached hydrogen (secondary N) is 1. The zero-order valence-corrected chi connectivity index (χ0v) is 14.8. The Bertz CT molecular complexity index is 843. The van der Waals surface area contributed by atoms with Crippen LogP contribution in [0, 0.1) is 6.92 Å². The maximum atomic E-state index is 12.5. The number of thiazole rings is 1. The van der Waals surface area contributed by atoms with E-state index in [2.05, 4.69) is 10.3 Å². The second-order valence-electron chi connectivity index (χ2n) is 5.22. The first-order valence-corrected chi connectivity index (χ1v) is 8.53. The molecule has 1 aromatic carbocycles. The van der Waals surface area contributed by atoms with Gasteiger partial charge in [0, 0.05) is 23.7 Å².